The van der Waals surface area contributed by atoms with Crippen LogP contribution in [0.1, 0.15) is 19.8 Å². The lowest BCUT2D eigenvalue weighted by Gasteiger charge is -2.33. The molecule has 1 amide bonds. The Kier molecular flexibility index (Phi) is 4.90. The van der Waals surface area contributed by atoms with E-state index < -0.39 is 0 Å². The van der Waals surface area contributed by atoms with Crippen LogP contribution >= 0.6 is 0 Å². The molecule has 0 aromatic carbocycles. The van der Waals surface area contributed by atoms with Gasteiger partial charge < -0.3 is 10.0 Å². The summed E-state index contributed by atoms with van der Waals surface area (Å²) in [4.78, 5) is 15.6. The molecule has 1 aliphatic rings. The van der Waals surface area contributed by atoms with E-state index in [1.807, 2.05) is 11.8 Å². The van der Waals surface area contributed by atoms with Gasteiger partial charge in [0, 0.05) is 26.2 Å². The van der Waals surface area contributed by atoms with E-state index in [-0.39, 0.29) is 12.5 Å². The summed E-state index contributed by atoms with van der Waals surface area (Å²) in [6.45, 7) is 6.30. The van der Waals surface area contributed by atoms with E-state index in [4.69, 9.17) is 5.11 Å². The molecular weight excluding hydrogens is 180 g/mol. The van der Waals surface area contributed by atoms with E-state index in [0.29, 0.717) is 6.54 Å². The molecule has 0 unspecified atom stereocenters. The van der Waals surface area contributed by atoms with E-state index in [1.165, 1.54) is 0 Å². The summed E-state index contributed by atoms with van der Waals surface area (Å²) in [5.74, 6) is 0.232. The monoisotopic (exact) mass is 200 g/mol. The number of hydrogen-bond acceptors (Lipinski definition) is 3. The van der Waals surface area contributed by atoms with E-state index in [0.717, 1.165) is 39.0 Å². The second-order valence-corrected chi connectivity index (χ2v) is 3.68. The van der Waals surface area contributed by atoms with Crippen molar-refractivity contribution >= 4 is 5.91 Å². The Morgan fingerprint density at radius 3 is 2.64 bits per heavy atom. The van der Waals surface area contributed by atoms with Gasteiger partial charge in [0.15, 0.2) is 0 Å². The van der Waals surface area contributed by atoms with Crippen LogP contribution < -0.4 is 0 Å². The largest absolute Gasteiger partial charge is 0.396 e. The predicted octanol–water partition coefficient (Wildman–Crippen LogP) is -0.0770. The zero-order valence-electron chi connectivity index (χ0n) is 8.91. The van der Waals surface area contributed by atoms with Crippen LogP contribution in [0.25, 0.3) is 0 Å². The average Bonchev–Trinajstić information content (AvgIpc) is 2.09. The van der Waals surface area contributed by atoms with Crippen LogP contribution in [-0.2, 0) is 4.79 Å². The molecule has 1 N–H and O–H groups in total. The van der Waals surface area contributed by atoms with Crippen molar-refractivity contribution in [2.45, 2.75) is 19.8 Å². The topological polar surface area (TPSA) is 43.8 Å². The van der Waals surface area contributed by atoms with Crippen molar-refractivity contribution in [3.63, 3.8) is 0 Å². The molecule has 4 nitrogen and oxygen atoms in total. The summed E-state index contributed by atoms with van der Waals surface area (Å²) >= 11 is 0. The van der Waals surface area contributed by atoms with Gasteiger partial charge in [0.1, 0.15) is 0 Å². The first-order chi connectivity index (χ1) is 6.77. The second kappa shape index (κ2) is 5.98. The molecule has 1 aliphatic heterocycles. The van der Waals surface area contributed by atoms with E-state index in [9.17, 15) is 4.79 Å². The molecule has 1 saturated heterocycles. The van der Waals surface area contributed by atoms with Gasteiger partial charge in [0.25, 0.3) is 0 Å². The predicted molar refractivity (Wildman–Crippen MR) is 55.0 cm³/mol. The highest BCUT2D eigenvalue weighted by molar-refractivity contribution is 5.78. The van der Waals surface area contributed by atoms with Crippen molar-refractivity contribution in [2.24, 2.45) is 0 Å². The number of nitrogens with zero attached hydrogens (tertiary/aromatic N) is 2. The van der Waals surface area contributed by atoms with Crippen molar-refractivity contribution in [1.82, 2.24) is 9.80 Å². The third kappa shape index (κ3) is 3.27. The van der Waals surface area contributed by atoms with E-state index in [1.54, 1.807) is 0 Å². The first-order valence-corrected chi connectivity index (χ1v) is 5.39. The molecule has 0 aromatic rings. The van der Waals surface area contributed by atoms with Gasteiger partial charge in [0.05, 0.1) is 6.54 Å². The fraction of sp³-hybridized carbons (Fsp3) is 0.900. The Labute approximate surface area is 85.5 Å². The number of aliphatic hydroxyl groups excluding tert-OH is 1. The van der Waals surface area contributed by atoms with Crippen LogP contribution in [0.15, 0.2) is 0 Å². The standard InChI is InChI=1S/C10H20N2O2/c1-2-11(5-4-8-13)9-10(14)12-6-3-7-12/h13H,2-9H2,1H3. The minimum Gasteiger partial charge on any atom is -0.396 e. The minimum atomic E-state index is 0.203. The smallest absolute Gasteiger partial charge is 0.236 e. The third-order valence-electron chi connectivity index (χ3n) is 2.65. The normalized spacial score (nSPS) is 15.8. The minimum absolute atomic E-state index is 0.203. The molecule has 1 rings (SSSR count). The van der Waals surface area contributed by atoms with E-state index >= 15 is 0 Å². The van der Waals surface area contributed by atoms with Crippen molar-refractivity contribution < 1.29 is 9.90 Å². The first-order valence-electron chi connectivity index (χ1n) is 5.39. The molecule has 0 atom stereocenters. The van der Waals surface area contributed by atoms with Crippen molar-refractivity contribution in [3.05, 3.63) is 0 Å². The van der Waals surface area contributed by atoms with Gasteiger partial charge in [-0.15, -0.1) is 0 Å². The van der Waals surface area contributed by atoms with Gasteiger partial charge in [-0.05, 0) is 19.4 Å². The molecule has 0 bridgehead atoms. The lowest BCUT2D eigenvalue weighted by molar-refractivity contribution is -0.135. The molecule has 0 radical (unpaired) electrons. The zero-order valence-corrected chi connectivity index (χ0v) is 8.91. The van der Waals surface area contributed by atoms with Crippen LogP contribution in [0.5, 0.6) is 0 Å². The quantitative estimate of drug-likeness (QED) is 0.652. The number of amides is 1. The lowest BCUT2D eigenvalue weighted by atomic mass is 10.2. The molecule has 0 aliphatic carbocycles. The van der Waals surface area contributed by atoms with Crippen molar-refractivity contribution in [1.29, 1.82) is 0 Å². The molecule has 1 fully saturated rings. The first kappa shape index (κ1) is 11.5. The van der Waals surface area contributed by atoms with Crippen LogP contribution in [0.3, 0.4) is 0 Å². The van der Waals surface area contributed by atoms with Crippen molar-refractivity contribution in [2.75, 3.05) is 39.3 Å². The van der Waals surface area contributed by atoms with Crippen LogP contribution in [-0.4, -0.2) is 60.1 Å². The highest BCUT2D eigenvalue weighted by Gasteiger charge is 2.21. The number of rotatable bonds is 6. The Hall–Kier alpha value is -0.610. The molecule has 1 heterocycles. The summed E-state index contributed by atoms with van der Waals surface area (Å²) in [6.07, 6.45) is 1.90. The maximum atomic E-state index is 11.6. The SMILES string of the molecule is CCN(CCCO)CC(=O)N1CCC1. The fourth-order valence-electron chi connectivity index (χ4n) is 1.50. The molecule has 82 valence electrons. The van der Waals surface area contributed by atoms with Gasteiger partial charge in [-0.25, -0.2) is 0 Å². The van der Waals surface area contributed by atoms with Gasteiger partial charge in [-0.2, -0.15) is 0 Å². The number of carbonyl (C=O) groups excluding carboxylic acids is 1. The fourth-order valence-corrected chi connectivity index (χ4v) is 1.50. The number of aliphatic hydroxyl groups is 1. The summed E-state index contributed by atoms with van der Waals surface area (Å²) in [7, 11) is 0. The molecule has 0 aromatic heterocycles. The van der Waals surface area contributed by atoms with E-state index in [2.05, 4.69) is 4.90 Å². The average molecular weight is 200 g/mol. The Bertz CT molecular complexity index is 181. The maximum Gasteiger partial charge on any atom is 0.236 e. The number of carbonyl (C=O) groups is 1. The summed E-state index contributed by atoms with van der Waals surface area (Å²) in [5, 5.41) is 8.69. The van der Waals surface area contributed by atoms with Crippen LogP contribution in [0.2, 0.25) is 0 Å². The summed E-state index contributed by atoms with van der Waals surface area (Å²) in [6, 6.07) is 0. The van der Waals surface area contributed by atoms with Gasteiger partial charge in [0.2, 0.25) is 5.91 Å². The number of likely N-dealkylation sites (N-methyl/N-ethyl adjacent to an activating group) is 1. The Morgan fingerprint density at radius 1 is 1.50 bits per heavy atom. The molecule has 0 saturated carbocycles. The molecule has 4 heteroatoms. The Morgan fingerprint density at radius 2 is 2.21 bits per heavy atom. The zero-order chi connectivity index (χ0) is 10.4. The maximum absolute atomic E-state index is 11.6. The lowest BCUT2D eigenvalue weighted by Crippen LogP contribution is -2.47. The van der Waals surface area contributed by atoms with Crippen molar-refractivity contribution in [3.8, 4) is 0 Å². The van der Waals surface area contributed by atoms with Crippen LogP contribution in [0, 0.1) is 0 Å². The summed E-state index contributed by atoms with van der Waals surface area (Å²) in [5.41, 5.74) is 0. The third-order valence-corrected chi connectivity index (χ3v) is 2.65. The molecular formula is C10H20N2O2. The van der Waals surface area contributed by atoms with Gasteiger partial charge in [-0.1, -0.05) is 6.92 Å². The molecule has 14 heavy (non-hydrogen) atoms. The molecule has 0 spiro atoms. The highest BCUT2D eigenvalue weighted by Crippen LogP contribution is 2.06. The Balaban J connectivity index is 2.20. The second-order valence-electron chi connectivity index (χ2n) is 3.68. The number of likely N-dealkylation sites (tertiary alicyclic amines) is 1. The van der Waals surface area contributed by atoms with Gasteiger partial charge in [-0.3, -0.25) is 9.69 Å². The summed E-state index contributed by atoms with van der Waals surface area (Å²) < 4.78 is 0. The number of hydrogen-bond donors (Lipinski definition) is 1. The van der Waals surface area contributed by atoms with Gasteiger partial charge >= 0.3 is 0 Å². The highest BCUT2D eigenvalue weighted by atomic mass is 16.3. The van der Waals surface area contributed by atoms with Crippen LogP contribution in [0.4, 0.5) is 0 Å².